The minimum Gasteiger partial charge on any atom is -0.345 e. The van der Waals surface area contributed by atoms with Crippen molar-refractivity contribution in [1.29, 1.82) is 5.41 Å². The normalized spacial score (nSPS) is 15.5. The van der Waals surface area contributed by atoms with Crippen LogP contribution in [0.2, 0.25) is 0 Å². The van der Waals surface area contributed by atoms with Crippen molar-refractivity contribution in [1.82, 2.24) is 19.3 Å². The Bertz CT molecular complexity index is 1500. The Hall–Kier alpha value is -3.74. The van der Waals surface area contributed by atoms with Crippen molar-refractivity contribution >= 4 is 22.6 Å². The van der Waals surface area contributed by atoms with Crippen LogP contribution in [0.3, 0.4) is 0 Å². The Morgan fingerprint density at radius 2 is 1.82 bits per heavy atom. The van der Waals surface area contributed by atoms with Crippen molar-refractivity contribution in [3.8, 4) is 0 Å². The van der Waals surface area contributed by atoms with E-state index in [1.165, 1.54) is 4.40 Å². The van der Waals surface area contributed by atoms with E-state index in [0.717, 1.165) is 43.2 Å². The van der Waals surface area contributed by atoms with Gasteiger partial charge in [0.1, 0.15) is 16.8 Å². The highest BCUT2D eigenvalue weighted by molar-refractivity contribution is 5.97. The summed E-state index contributed by atoms with van der Waals surface area (Å²) in [6.07, 6.45) is 6.80. The molecule has 0 bridgehead atoms. The molecule has 2 N–H and O–H groups in total. The van der Waals surface area contributed by atoms with Gasteiger partial charge < -0.3 is 9.88 Å². The Morgan fingerprint density at radius 3 is 2.56 bits per heavy atom. The number of aromatic nitrogens is 3. The van der Waals surface area contributed by atoms with Crippen molar-refractivity contribution in [2.24, 2.45) is 0 Å². The lowest BCUT2D eigenvalue weighted by Gasteiger charge is -2.27. The summed E-state index contributed by atoms with van der Waals surface area (Å²) in [6.45, 7) is 3.84. The lowest BCUT2D eigenvalue weighted by atomic mass is 9.94. The number of nitrogens with zero attached hydrogens (tertiary/aromatic N) is 3. The molecule has 1 aliphatic carbocycles. The molecule has 1 fully saturated rings. The maximum absolute atomic E-state index is 13.5. The summed E-state index contributed by atoms with van der Waals surface area (Å²) in [5.74, 6) is -0.360. The predicted octanol–water partition coefficient (Wildman–Crippen LogP) is 4.43. The van der Waals surface area contributed by atoms with Gasteiger partial charge in [0, 0.05) is 12.2 Å². The second kappa shape index (κ2) is 8.89. The predicted molar refractivity (Wildman–Crippen MR) is 132 cm³/mol. The summed E-state index contributed by atoms with van der Waals surface area (Å²) in [5.41, 5.74) is 3.03. The highest BCUT2D eigenvalue weighted by Crippen LogP contribution is 2.29. The molecule has 1 amide bonds. The van der Waals surface area contributed by atoms with Gasteiger partial charge in [0.05, 0.1) is 17.0 Å². The van der Waals surface area contributed by atoms with Crippen LogP contribution in [0, 0.1) is 12.3 Å². The quantitative estimate of drug-likeness (QED) is 0.446. The number of amides is 1. The first kappa shape index (κ1) is 22.1. The molecular weight excluding hydrogens is 426 g/mol. The topological polar surface area (TPSA) is 92.3 Å². The number of benzene rings is 1. The second-order valence-corrected chi connectivity index (χ2v) is 9.21. The van der Waals surface area contributed by atoms with Crippen molar-refractivity contribution in [2.75, 3.05) is 0 Å². The van der Waals surface area contributed by atoms with Gasteiger partial charge in [-0.2, -0.15) is 0 Å². The summed E-state index contributed by atoms with van der Waals surface area (Å²) in [5, 5.41) is 12.4. The highest BCUT2D eigenvalue weighted by atomic mass is 16.2. The summed E-state index contributed by atoms with van der Waals surface area (Å²) in [4.78, 5) is 31.8. The van der Waals surface area contributed by atoms with Crippen LogP contribution in [0.15, 0.2) is 59.5 Å². The second-order valence-electron chi connectivity index (χ2n) is 9.21. The molecule has 7 heteroatoms. The number of hydrogen-bond acceptors (Lipinski definition) is 4. The third-order valence-electron chi connectivity index (χ3n) is 6.91. The summed E-state index contributed by atoms with van der Waals surface area (Å²) in [6, 6.07) is 14.8. The van der Waals surface area contributed by atoms with Gasteiger partial charge in [0.15, 0.2) is 0 Å². The van der Waals surface area contributed by atoms with Crippen molar-refractivity contribution in [3.05, 3.63) is 87.3 Å². The minimum absolute atomic E-state index is 0.0430. The number of carbonyl (C=O) groups is 1. The molecule has 1 aliphatic rings. The summed E-state index contributed by atoms with van der Waals surface area (Å²) >= 11 is 0. The fraction of sp³-hybridized carbons (Fsp3) is 0.333. The monoisotopic (exact) mass is 455 g/mol. The van der Waals surface area contributed by atoms with Gasteiger partial charge in [-0.1, -0.05) is 55.7 Å². The molecule has 5 rings (SSSR count). The van der Waals surface area contributed by atoms with Gasteiger partial charge in [-0.3, -0.25) is 19.4 Å². The molecule has 0 aliphatic heterocycles. The van der Waals surface area contributed by atoms with Gasteiger partial charge in [-0.05, 0) is 49.9 Å². The number of nitrogens with one attached hydrogen (secondary N) is 2. The van der Waals surface area contributed by atoms with Crippen molar-refractivity contribution in [2.45, 2.75) is 58.0 Å². The smallest absolute Gasteiger partial charge is 0.267 e. The van der Waals surface area contributed by atoms with Crippen molar-refractivity contribution in [3.63, 3.8) is 0 Å². The zero-order valence-corrected chi connectivity index (χ0v) is 19.5. The van der Waals surface area contributed by atoms with E-state index in [1.807, 2.05) is 60.9 Å². The number of rotatable bonds is 4. The molecule has 0 radical (unpaired) electrons. The van der Waals surface area contributed by atoms with E-state index in [4.69, 9.17) is 10.4 Å². The Kier molecular flexibility index (Phi) is 5.77. The maximum atomic E-state index is 13.5. The van der Waals surface area contributed by atoms with Crippen LogP contribution in [0.25, 0.3) is 16.7 Å². The third-order valence-corrected chi connectivity index (χ3v) is 6.91. The molecule has 1 unspecified atom stereocenters. The van der Waals surface area contributed by atoms with E-state index in [1.54, 1.807) is 12.3 Å². The van der Waals surface area contributed by atoms with E-state index < -0.39 is 0 Å². The fourth-order valence-corrected chi connectivity index (χ4v) is 5.03. The lowest BCUT2D eigenvalue weighted by Crippen LogP contribution is -2.37. The Labute approximate surface area is 197 Å². The van der Waals surface area contributed by atoms with Gasteiger partial charge in [0.25, 0.3) is 11.5 Å². The van der Waals surface area contributed by atoms with Crippen LogP contribution in [-0.4, -0.2) is 19.9 Å². The van der Waals surface area contributed by atoms with Gasteiger partial charge in [0.2, 0.25) is 0 Å². The lowest BCUT2D eigenvalue weighted by molar-refractivity contribution is 0.0937. The average Bonchev–Trinajstić information content (AvgIpc) is 2.85. The van der Waals surface area contributed by atoms with Crippen LogP contribution in [-0.2, 0) is 0 Å². The molecular formula is C27H29N5O2. The van der Waals surface area contributed by atoms with E-state index in [0.29, 0.717) is 16.7 Å². The third kappa shape index (κ3) is 3.81. The summed E-state index contributed by atoms with van der Waals surface area (Å²) in [7, 11) is 0. The SMILES string of the molecule is Cc1cccn2c(=O)c3cc(C(=O)NC(C)c4ccccc4)c(=N)n(C4CCCCC4)c3nc12. The molecule has 7 nitrogen and oxygen atoms in total. The first-order chi connectivity index (χ1) is 16.5. The van der Waals surface area contributed by atoms with Gasteiger partial charge in [-0.15, -0.1) is 0 Å². The molecule has 4 aromatic rings. The molecule has 0 spiro atoms. The van der Waals surface area contributed by atoms with E-state index in [9.17, 15) is 9.59 Å². The van der Waals surface area contributed by atoms with Crippen LogP contribution in [0.5, 0.6) is 0 Å². The number of aryl methyl sites for hydroxylation is 1. The average molecular weight is 456 g/mol. The van der Waals surface area contributed by atoms with Gasteiger partial charge in [-0.25, -0.2) is 4.98 Å². The van der Waals surface area contributed by atoms with Crippen LogP contribution >= 0.6 is 0 Å². The molecule has 0 saturated heterocycles. The minimum atomic E-state index is -0.360. The largest absolute Gasteiger partial charge is 0.345 e. The molecule has 1 aromatic carbocycles. The molecule has 34 heavy (non-hydrogen) atoms. The first-order valence-electron chi connectivity index (χ1n) is 11.9. The van der Waals surface area contributed by atoms with Gasteiger partial charge >= 0.3 is 0 Å². The zero-order valence-electron chi connectivity index (χ0n) is 19.5. The van der Waals surface area contributed by atoms with E-state index >= 15 is 0 Å². The number of pyridine rings is 2. The van der Waals surface area contributed by atoms with E-state index in [-0.39, 0.29) is 34.6 Å². The van der Waals surface area contributed by atoms with Crippen molar-refractivity contribution < 1.29 is 4.79 Å². The molecule has 1 saturated carbocycles. The molecule has 1 atom stereocenters. The zero-order chi connectivity index (χ0) is 23.8. The number of hydrogen-bond donors (Lipinski definition) is 2. The fourth-order valence-electron chi connectivity index (χ4n) is 5.03. The Morgan fingerprint density at radius 1 is 1.09 bits per heavy atom. The standard InChI is InChI=1S/C27H29N5O2/c1-17-10-9-15-31-24(17)30-25-22(27(31)34)16-21(23(28)32(25)20-13-7-4-8-14-20)26(33)29-18(2)19-11-5-3-6-12-19/h3,5-6,9-12,15-16,18,20,28H,4,7-8,13-14H2,1-2H3,(H,29,33). The number of fused-ring (bicyclic) bond motifs is 2. The highest BCUT2D eigenvalue weighted by Gasteiger charge is 2.24. The molecule has 174 valence electrons. The van der Waals surface area contributed by atoms with Crippen LogP contribution < -0.4 is 16.4 Å². The molecule has 3 aromatic heterocycles. The summed E-state index contributed by atoms with van der Waals surface area (Å²) < 4.78 is 3.37. The van der Waals surface area contributed by atoms with E-state index in [2.05, 4.69) is 5.32 Å². The maximum Gasteiger partial charge on any atom is 0.267 e. The number of carbonyl (C=O) groups excluding carboxylic acids is 1. The Balaban J connectivity index is 1.71. The molecule has 3 heterocycles. The van der Waals surface area contributed by atoms with Crippen LogP contribution in [0.4, 0.5) is 0 Å². The van der Waals surface area contributed by atoms with Crippen LogP contribution in [0.1, 0.15) is 72.6 Å². The first-order valence-corrected chi connectivity index (χ1v) is 11.9.